The summed E-state index contributed by atoms with van der Waals surface area (Å²) in [6.45, 7) is 13.1. The van der Waals surface area contributed by atoms with Gasteiger partial charge in [-0.15, -0.1) is 0 Å². The molecule has 1 aromatic carbocycles. The highest BCUT2D eigenvalue weighted by Gasteiger charge is 2.28. The van der Waals surface area contributed by atoms with Crippen molar-refractivity contribution in [1.29, 1.82) is 0 Å². The largest absolute Gasteiger partial charge is 0.357 e. The molecule has 0 aliphatic rings. The SMILES string of the molecule is CCNC(=NCC(C)c1ccc(C)cc1)NCCS(=O)(=O)C(C)(C)C. The van der Waals surface area contributed by atoms with E-state index in [4.69, 9.17) is 0 Å². The predicted molar refractivity (Wildman–Crippen MR) is 107 cm³/mol. The van der Waals surface area contributed by atoms with E-state index in [2.05, 4.69) is 53.7 Å². The lowest BCUT2D eigenvalue weighted by molar-refractivity contribution is 0.559. The number of hydrogen-bond donors (Lipinski definition) is 2. The third-order valence-electron chi connectivity index (χ3n) is 4.11. The molecule has 1 atom stereocenters. The van der Waals surface area contributed by atoms with Crippen molar-refractivity contribution in [1.82, 2.24) is 10.6 Å². The van der Waals surface area contributed by atoms with Crippen LogP contribution in [0.1, 0.15) is 51.7 Å². The number of sulfone groups is 1. The minimum Gasteiger partial charge on any atom is -0.357 e. The molecule has 0 aromatic heterocycles. The Morgan fingerprint density at radius 1 is 1.16 bits per heavy atom. The van der Waals surface area contributed by atoms with E-state index >= 15 is 0 Å². The van der Waals surface area contributed by atoms with Crippen LogP contribution in [0.5, 0.6) is 0 Å². The van der Waals surface area contributed by atoms with Crippen LogP contribution in [0.25, 0.3) is 0 Å². The first-order chi connectivity index (χ1) is 11.6. The summed E-state index contributed by atoms with van der Waals surface area (Å²) in [6.07, 6.45) is 0. The van der Waals surface area contributed by atoms with Crippen LogP contribution in [0.15, 0.2) is 29.3 Å². The molecule has 6 heteroatoms. The fourth-order valence-corrected chi connectivity index (χ4v) is 3.16. The maximum absolute atomic E-state index is 12.2. The van der Waals surface area contributed by atoms with Crippen LogP contribution in [0, 0.1) is 6.92 Å². The summed E-state index contributed by atoms with van der Waals surface area (Å²) < 4.78 is 23.6. The molecule has 0 spiro atoms. The van der Waals surface area contributed by atoms with Gasteiger partial charge in [0.25, 0.3) is 0 Å². The molecule has 142 valence electrons. The van der Waals surface area contributed by atoms with E-state index in [0.717, 1.165) is 6.54 Å². The van der Waals surface area contributed by atoms with E-state index in [-0.39, 0.29) is 5.75 Å². The van der Waals surface area contributed by atoms with Crippen LogP contribution >= 0.6 is 0 Å². The first kappa shape index (κ1) is 21.5. The fourth-order valence-electron chi connectivity index (χ4n) is 2.18. The van der Waals surface area contributed by atoms with Gasteiger partial charge in [-0.1, -0.05) is 36.8 Å². The minimum absolute atomic E-state index is 0.0917. The second-order valence-electron chi connectivity index (χ2n) is 7.39. The molecule has 0 aliphatic heterocycles. The molecule has 2 N–H and O–H groups in total. The molecule has 0 fully saturated rings. The Morgan fingerprint density at radius 2 is 1.76 bits per heavy atom. The molecular weight excluding hydrogens is 334 g/mol. The molecule has 0 radical (unpaired) electrons. The van der Waals surface area contributed by atoms with Gasteiger partial charge in [-0.3, -0.25) is 4.99 Å². The van der Waals surface area contributed by atoms with Gasteiger partial charge in [-0.05, 0) is 40.2 Å². The average Bonchev–Trinajstić information content (AvgIpc) is 2.51. The summed E-state index contributed by atoms with van der Waals surface area (Å²) in [6, 6.07) is 8.48. The number of guanidine groups is 1. The molecule has 25 heavy (non-hydrogen) atoms. The van der Waals surface area contributed by atoms with Gasteiger partial charge in [0, 0.05) is 25.6 Å². The first-order valence-corrected chi connectivity index (χ1v) is 10.5. The lowest BCUT2D eigenvalue weighted by atomic mass is 10.0. The monoisotopic (exact) mass is 367 g/mol. The number of nitrogens with zero attached hydrogens (tertiary/aromatic N) is 1. The van der Waals surface area contributed by atoms with Gasteiger partial charge in [0.05, 0.1) is 10.5 Å². The zero-order valence-corrected chi connectivity index (χ0v) is 17.2. The van der Waals surface area contributed by atoms with Crippen LogP contribution in [-0.2, 0) is 9.84 Å². The highest BCUT2D eigenvalue weighted by molar-refractivity contribution is 7.92. The lowest BCUT2D eigenvalue weighted by Crippen LogP contribution is -2.42. The molecular formula is C19H33N3O2S. The van der Waals surface area contributed by atoms with Crippen molar-refractivity contribution in [2.75, 3.05) is 25.4 Å². The Labute approximate surface area is 153 Å². The van der Waals surface area contributed by atoms with Crippen LogP contribution in [0.4, 0.5) is 0 Å². The molecule has 0 aliphatic carbocycles. The number of benzene rings is 1. The van der Waals surface area contributed by atoms with Crippen LogP contribution in [0.2, 0.25) is 0 Å². The van der Waals surface area contributed by atoms with Crippen molar-refractivity contribution < 1.29 is 8.42 Å². The lowest BCUT2D eigenvalue weighted by Gasteiger charge is -2.20. The average molecular weight is 368 g/mol. The predicted octanol–water partition coefficient (Wildman–Crippen LogP) is 2.87. The molecule has 5 nitrogen and oxygen atoms in total. The molecule has 0 saturated heterocycles. The maximum atomic E-state index is 12.2. The molecule has 1 unspecified atom stereocenters. The zero-order chi connectivity index (χ0) is 19.1. The van der Waals surface area contributed by atoms with Crippen LogP contribution in [0.3, 0.4) is 0 Å². The standard InChI is InChI=1S/C19H33N3O2S/c1-7-20-18(21-12-13-25(23,24)19(4,5)6)22-14-16(3)17-10-8-15(2)9-11-17/h8-11,16H,7,12-14H2,1-6H3,(H2,20,21,22). The van der Waals surface area contributed by atoms with Gasteiger partial charge in [-0.25, -0.2) is 8.42 Å². The summed E-state index contributed by atoms with van der Waals surface area (Å²) in [5, 5.41) is 6.29. The smallest absolute Gasteiger partial charge is 0.191 e. The van der Waals surface area contributed by atoms with Crippen molar-refractivity contribution in [3.05, 3.63) is 35.4 Å². The second-order valence-corrected chi connectivity index (χ2v) is 10.3. The van der Waals surface area contributed by atoms with E-state index in [1.54, 1.807) is 20.8 Å². The Hall–Kier alpha value is -1.56. The maximum Gasteiger partial charge on any atom is 0.191 e. The summed E-state index contributed by atoms with van der Waals surface area (Å²) in [7, 11) is -3.13. The Kier molecular flexibility index (Phi) is 7.93. The summed E-state index contributed by atoms with van der Waals surface area (Å²) in [4.78, 5) is 4.59. The Balaban J connectivity index is 2.63. The van der Waals surface area contributed by atoms with Gasteiger partial charge in [-0.2, -0.15) is 0 Å². The summed E-state index contributed by atoms with van der Waals surface area (Å²) >= 11 is 0. The van der Waals surface area contributed by atoms with E-state index < -0.39 is 14.6 Å². The molecule has 0 bridgehead atoms. The second kappa shape index (κ2) is 9.22. The minimum atomic E-state index is -3.13. The van der Waals surface area contributed by atoms with Gasteiger partial charge >= 0.3 is 0 Å². The molecule has 0 amide bonds. The third kappa shape index (κ3) is 7.06. The van der Waals surface area contributed by atoms with Crippen molar-refractivity contribution in [3.63, 3.8) is 0 Å². The van der Waals surface area contributed by atoms with Gasteiger partial charge in [0.1, 0.15) is 0 Å². The number of nitrogens with one attached hydrogen (secondary N) is 2. The van der Waals surface area contributed by atoms with Crippen molar-refractivity contribution in [2.45, 2.75) is 52.2 Å². The third-order valence-corrected chi connectivity index (χ3v) is 6.72. The Morgan fingerprint density at radius 3 is 2.28 bits per heavy atom. The molecule has 0 heterocycles. The normalized spacial score (nSPS) is 14.2. The molecule has 1 aromatic rings. The molecule has 1 rings (SSSR count). The summed E-state index contributed by atoms with van der Waals surface area (Å²) in [5.74, 6) is 1.05. The van der Waals surface area contributed by atoms with E-state index in [9.17, 15) is 8.42 Å². The van der Waals surface area contributed by atoms with Gasteiger partial charge in [0.15, 0.2) is 15.8 Å². The van der Waals surface area contributed by atoms with Gasteiger partial charge < -0.3 is 10.6 Å². The highest BCUT2D eigenvalue weighted by Crippen LogP contribution is 2.16. The number of aliphatic imine (C=N–C) groups is 1. The van der Waals surface area contributed by atoms with E-state index in [1.807, 2.05) is 6.92 Å². The summed E-state index contributed by atoms with van der Waals surface area (Å²) in [5.41, 5.74) is 2.50. The van der Waals surface area contributed by atoms with Crippen molar-refractivity contribution in [3.8, 4) is 0 Å². The van der Waals surface area contributed by atoms with Crippen molar-refractivity contribution >= 4 is 15.8 Å². The van der Waals surface area contributed by atoms with E-state index in [0.29, 0.717) is 25.0 Å². The van der Waals surface area contributed by atoms with E-state index in [1.165, 1.54) is 11.1 Å². The molecule has 0 saturated carbocycles. The number of aryl methyl sites for hydroxylation is 1. The van der Waals surface area contributed by atoms with Crippen LogP contribution in [-0.4, -0.2) is 44.5 Å². The number of rotatable bonds is 7. The quantitative estimate of drug-likeness (QED) is 0.574. The van der Waals surface area contributed by atoms with Crippen LogP contribution < -0.4 is 10.6 Å². The first-order valence-electron chi connectivity index (χ1n) is 8.88. The number of hydrogen-bond acceptors (Lipinski definition) is 3. The van der Waals surface area contributed by atoms with Gasteiger partial charge in [0.2, 0.25) is 0 Å². The van der Waals surface area contributed by atoms with Crippen molar-refractivity contribution in [2.24, 2.45) is 4.99 Å². The highest BCUT2D eigenvalue weighted by atomic mass is 32.2. The topological polar surface area (TPSA) is 70.6 Å². The zero-order valence-electron chi connectivity index (χ0n) is 16.4. The fraction of sp³-hybridized carbons (Fsp3) is 0.632. The Bertz CT molecular complexity index is 659.